The van der Waals surface area contributed by atoms with E-state index in [1.54, 1.807) is 18.4 Å². The molecule has 0 radical (unpaired) electrons. The van der Waals surface area contributed by atoms with Crippen LogP contribution in [0.3, 0.4) is 0 Å². The molecule has 1 aromatic heterocycles. The Hall–Kier alpha value is -1.69. The molecule has 0 atom stereocenters. The van der Waals surface area contributed by atoms with Crippen molar-refractivity contribution in [1.29, 1.82) is 0 Å². The molecule has 4 rings (SSSR count). The van der Waals surface area contributed by atoms with Crippen molar-refractivity contribution in [3.8, 4) is 11.5 Å². The summed E-state index contributed by atoms with van der Waals surface area (Å²) in [5.74, 6) is 1.16. The van der Waals surface area contributed by atoms with Crippen LogP contribution in [0.2, 0.25) is 0 Å². The summed E-state index contributed by atoms with van der Waals surface area (Å²) >= 11 is 3.55. The molecule has 6 heteroatoms. The Kier molecular flexibility index (Phi) is 7.27. The van der Waals surface area contributed by atoms with Gasteiger partial charge in [-0.1, -0.05) is 24.3 Å². The Morgan fingerprint density at radius 3 is 2.50 bits per heavy atom. The van der Waals surface area contributed by atoms with E-state index < -0.39 is 0 Å². The summed E-state index contributed by atoms with van der Waals surface area (Å²) in [4.78, 5) is 7.09. The second-order valence-corrected chi connectivity index (χ2v) is 8.03. The van der Waals surface area contributed by atoms with E-state index in [9.17, 15) is 4.39 Å². The molecule has 3 aromatic rings. The maximum absolute atomic E-state index is 13.0. The lowest BCUT2D eigenvalue weighted by Gasteiger charge is -2.31. The van der Waals surface area contributed by atoms with Gasteiger partial charge in [-0.25, -0.2) is 9.37 Å². The zero-order chi connectivity index (χ0) is 18.6. The van der Waals surface area contributed by atoms with E-state index in [4.69, 9.17) is 4.42 Å². The third-order valence-electron chi connectivity index (χ3n) is 5.19. The predicted octanol–water partition coefficient (Wildman–Crippen LogP) is 6.12. The molecular formula is C22H23BrClFN2O. The summed E-state index contributed by atoms with van der Waals surface area (Å²) in [5.41, 5.74) is 3.17. The molecule has 1 aliphatic heterocycles. The SMILES string of the molecule is Cl.Fc1ccc(CC2CCN(Cc3coc(-c4ccccc4Br)n3)CC2)cc1. The lowest BCUT2D eigenvalue weighted by atomic mass is 9.90. The first-order chi connectivity index (χ1) is 13.2. The number of nitrogens with zero attached hydrogens (tertiary/aromatic N) is 2. The minimum atomic E-state index is -0.164. The number of rotatable bonds is 5. The second kappa shape index (κ2) is 9.68. The van der Waals surface area contributed by atoms with E-state index >= 15 is 0 Å². The van der Waals surface area contributed by atoms with E-state index in [1.807, 2.05) is 36.4 Å². The smallest absolute Gasteiger partial charge is 0.227 e. The van der Waals surface area contributed by atoms with Crippen LogP contribution in [0.5, 0.6) is 0 Å². The largest absolute Gasteiger partial charge is 0.444 e. The third-order valence-corrected chi connectivity index (χ3v) is 5.88. The number of hydrogen-bond acceptors (Lipinski definition) is 3. The lowest BCUT2D eigenvalue weighted by Crippen LogP contribution is -2.33. The first-order valence-corrected chi connectivity index (χ1v) is 10.1. The van der Waals surface area contributed by atoms with Gasteiger partial charge in [-0.3, -0.25) is 4.90 Å². The number of aromatic nitrogens is 1. The maximum atomic E-state index is 13.0. The van der Waals surface area contributed by atoms with Crippen LogP contribution in [0, 0.1) is 11.7 Å². The fourth-order valence-corrected chi connectivity index (χ4v) is 4.12. The highest BCUT2D eigenvalue weighted by Crippen LogP contribution is 2.28. The molecule has 0 unspecified atom stereocenters. The van der Waals surface area contributed by atoms with Crippen molar-refractivity contribution < 1.29 is 8.81 Å². The van der Waals surface area contributed by atoms with E-state index in [0.717, 1.165) is 54.6 Å². The molecule has 1 aliphatic rings. The zero-order valence-electron chi connectivity index (χ0n) is 15.5. The van der Waals surface area contributed by atoms with Crippen molar-refractivity contribution in [2.75, 3.05) is 13.1 Å². The van der Waals surface area contributed by atoms with E-state index in [1.165, 1.54) is 5.56 Å². The Morgan fingerprint density at radius 1 is 1.07 bits per heavy atom. The van der Waals surface area contributed by atoms with E-state index in [2.05, 4.69) is 25.8 Å². The summed E-state index contributed by atoms with van der Waals surface area (Å²) in [6, 6.07) is 14.9. The summed E-state index contributed by atoms with van der Waals surface area (Å²) < 4.78 is 19.7. The fourth-order valence-electron chi connectivity index (χ4n) is 3.67. The molecule has 0 N–H and O–H groups in total. The summed E-state index contributed by atoms with van der Waals surface area (Å²) in [6.45, 7) is 2.93. The van der Waals surface area contributed by atoms with Crippen molar-refractivity contribution in [3.05, 3.63) is 76.3 Å². The van der Waals surface area contributed by atoms with Gasteiger partial charge in [0.05, 0.1) is 11.3 Å². The predicted molar refractivity (Wildman–Crippen MR) is 115 cm³/mol. The van der Waals surface area contributed by atoms with Crippen molar-refractivity contribution >= 4 is 28.3 Å². The highest BCUT2D eigenvalue weighted by molar-refractivity contribution is 9.10. The fraction of sp³-hybridized carbons (Fsp3) is 0.318. The van der Waals surface area contributed by atoms with Gasteiger partial charge >= 0.3 is 0 Å². The normalized spacial score (nSPS) is 15.4. The number of hydrogen-bond donors (Lipinski definition) is 0. The molecule has 148 valence electrons. The van der Waals surface area contributed by atoms with Crippen LogP contribution in [-0.4, -0.2) is 23.0 Å². The van der Waals surface area contributed by atoms with Crippen molar-refractivity contribution in [2.24, 2.45) is 5.92 Å². The van der Waals surface area contributed by atoms with Gasteiger partial charge in [0.1, 0.15) is 12.1 Å². The average molecular weight is 466 g/mol. The Labute approximate surface area is 179 Å². The minimum absolute atomic E-state index is 0. The van der Waals surface area contributed by atoms with Crippen LogP contribution < -0.4 is 0 Å². The van der Waals surface area contributed by atoms with Gasteiger partial charge in [0, 0.05) is 11.0 Å². The highest BCUT2D eigenvalue weighted by Gasteiger charge is 2.21. The summed E-state index contributed by atoms with van der Waals surface area (Å²) in [7, 11) is 0. The average Bonchev–Trinajstić information content (AvgIpc) is 3.14. The quantitative estimate of drug-likeness (QED) is 0.454. The molecule has 0 spiro atoms. The Bertz CT molecular complexity index is 892. The van der Waals surface area contributed by atoms with Crippen LogP contribution in [0.25, 0.3) is 11.5 Å². The number of oxazole rings is 1. The standard InChI is InChI=1S/C22H22BrFN2O.ClH/c23-21-4-2-1-3-20(21)22-25-19(15-27-22)14-26-11-9-17(10-12-26)13-16-5-7-18(24)8-6-16;/h1-8,15,17H,9-14H2;1H. The van der Waals surface area contributed by atoms with Crippen LogP contribution >= 0.6 is 28.3 Å². The molecule has 0 saturated carbocycles. The number of benzene rings is 2. The number of likely N-dealkylation sites (tertiary alicyclic amines) is 1. The molecule has 0 bridgehead atoms. The molecular weight excluding hydrogens is 443 g/mol. The van der Waals surface area contributed by atoms with Gasteiger partial charge in [0.25, 0.3) is 0 Å². The van der Waals surface area contributed by atoms with Crippen molar-refractivity contribution in [3.63, 3.8) is 0 Å². The Morgan fingerprint density at radius 2 is 1.79 bits per heavy atom. The van der Waals surface area contributed by atoms with E-state index in [0.29, 0.717) is 11.8 Å². The lowest BCUT2D eigenvalue weighted by molar-refractivity contribution is 0.175. The zero-order valence-corrected chi connectivity index (χ0v) is 17.9. The van der Waals surface area contributed by atoms with Gasteiger partial charge < -0.3 is 4.42 Å². The molecule has 3 nitrogen and oxygen atoms in total. The van der Waals surface area contributed by atoms with Crippen molar-refractivity contribution in [2.45, 2.75) is 25.8 Å². The van der Waals surface area contributed by atoms with Gasteiger partial charge in [0.15, 0.2) is 0 Å². The molecule has 2 heterocycles. The van der Waals surface area contributed by atoms with Gasteiger partial charge in [-0.15, -0.1) is 12.4 Å². The first kappa shape index (κ1) is 21.0. The topological polar surface area (TPSA) is 29.3 Å². The summed E-state index contributed by atoms with van der Waals surface area (Å²) in [5, 5.41) is 0. The molecule has 2 aromatic carbocycles. The highest BCUT2D eigenvalue weighted by atomic mass is 79.9. The molecule has 28 heavy (non-hydrogen) atoms. The van der Waals surface area contributed by atoms with Crippen LogP contribution in [0.15, 0.2) is 63.7 Å². The van der Waals surface area contributed by atoms with Gasteiger partial charge in [-0.05, 0) is 84.0 Å². The van der Waals surface area contributed by atoms with Gasteiger partial charge in [-0.2, -0.15) is 0 Å². The molecule has 0 aliphatic carbocycles. The van der Waals surface area contributed by atoms with E-state index in [-0.39, 0.29) is 18.2 Å². The molecule has 0 amide bonds. The van der Waals surface area contributed by atoms with Crippen LogP contribution in [-0.2, 0) is 13.0 Å². The number of piperidine rings is 1. The number of halogens is 3. The van der Waals surface area contributed by atoms with Gasteiger partial charge in [0.2, 0.25) is 5.89 Å². The third kappa shape index (κ3) is 5.22. The molecule has 1 saturated heterocycles. The summed E-state index contributed by atoms with van der Waals surface area (Å²) in [6.07, 6.45) is 5.11. The Balaban J connectivity index is 0.00000225. The van der Waals surface area contributed by atoms with Crippen molar-refractivity contribution in [1.82, 2.24) is 9.88 Å². The minimum Gasteiger partial charge on any atom is -0.444 e. The monoisotopic (exact) mass is 464 g/mol. The van der Waals surface area contributed by atoms with Crippen LogP contribution in [0.4, 0.5) is 4.39 Å². The molecule has 1 fully saturated rings. The first-order valence-electron chi connectivity index (χ1n) is 9.33. The second-order valence-electron chi connectivity index (χ2n) is 7.17. The maximum Gasteiger partial charge on any atom is 0.227 e. The van der Waals surface area contributed by atoms with Crippen LogP contribution in [0.1, 0.15) is 24.1 Å².